The van der Waals surface area contributed by atoms with Crippen LogP contribution in [0, 0.1) is 0 Å². The van der Waals surface area contributed by atoms with Crippen LogP contribution >= 0.6 is 0 Å². The van der Waals surface area contributed by atoms with Crippen LogP contribution in [-0.2, 0) is 11.2 Å². The SMILES string of the molecule is CCc1cc(-c2ccc(NC(=O)[C@H]3CCCN3C(=O)Nc3ccc(C(C)C)cc3)cc2)ccc1C(=O)O. The summed E-state index contributed by atoms with van der Waals surface area (Å²) in [5, 5.41) is 15.2. The summed E-state index contributed by atoms with van der Waals surface area (Å²) < 4.78 is 0. The lowest BCUT2D eigenvalue weighted by atomic mass is 9.97. The van der Waals surface area contributed by atoms with Gasteiger partial charge in [0.1, 0.15) is 6.04 Å². The van der Waals surface area contributed by atoms with Crippen molar-refractivity contribution in [2.75, 3.05) is 17.2 Å². The Hall–Kier alpha value is -4.13. The number of carbonyl (C=O) groups is 3. The van der Waals surface area contributed by atoms with Crippen molar-refractivity contribution in [2.45, 2.75) is 52.0 Å². The van der Waals surface area contributed by atoms with Gasteiger partial charge in [-0.05, 0) is 77.8 Å². The fourth-order valence-corrected chi connectivity index (χ4v) is 4.68. The first kappa shape index (κ1) is 25.9. The molecule has 0 saturated carbocycles. The number of carbonyl (C=O) groups excluding carboxylic acids is 2. The molecule has 1 fully saturated rings. The smallest absolute Gasteiger partial charge is 0.335 e. The summed E-state index contributed by atoms with van der Waals surface area (Å²) in [4.78, 5) is 39.0. The van der Waals surface area contributed by atoms with Crippen LogP contribution in [0.15, 0.2) is 66.7 Å². The molecule has 3 aromatic rings. The number of likely N-dealkylation sites (tertiary alicyclic amines) is 1. The van der Waals surface area contributed by atoms with Gasteiger partial charge in [-0.25, -0.2) is 9.59 Å². The van der Waals surface area contributed by atoms with E-state index in [0.717, 1.165) is 23.1 Å². The van der Waals surface area contributed by atoms with Gasteiger partial charge in [-0.3, -0.25) is 4.79 Å². The largest absolute Gasteiger partial charge is 0.478 e. The highest BCUT2D eigenvalue weighted by molar-refractivity contribution is 5.99. The summed E-state index contributed by atoms with van der Waals surface area (Å²) in [6.07, 6.45) is 2.00. The van der Waals surface area contributed by atoms with Crippen LogP contribution in [0.1, 0.15) is 61.0 Å². The van der Waals surface area contributed by atoms with E-state index in [1.165, 1.54) is 5.56 Å². The molecule has 1 aliphatic heterocycles. The van der Waals surface area contributed by atoms with Gasteiger partial charge in [0.25, 0.3) is 0 Å². The Labute approximate surface area is 217 Å². The molecule has 37 heavy (non-hydrogen) atoms. The first-order valence-electron chi connectivity index (χ1n) is 12.7. The first-order valence-corrected chi connectivity index (χ1v) is 12.7. The molecule has 3 N–H and O–H groups in total. The second kappa shape index (κ2) is 11.3. The summed E-state index contributed by atoms with van der Waals surface area (Å²) in [5.74, 6) is -0.730. The predicted octanol–water partition coefficient (Wildman–Crippen LogP) is 6.37. The van der Waals surface area contributed by atoms with Crippen LogP contribution in [0.2, 0.25) is 0 Å². The topological polar surface area (TPSA) is 98.7 Å². The number of hydrogen-bond donors (Lipinski definition) is 3. The van der Waals surface area contributed by atoms with Crippen molar-refractivity contribution in [3.63, 3.8) is 0 Å². The second-order valence-corrected chi connectivity index (χ2v) is 9.66. The Balaban J connectivity index is 1.40. The minimum Gasteiger partial charge on any atom is -0.478 e. The molecular weight excluding hydrogens is 466 g/mol. The lowest BCUT2D eigenvalue weighted by molar-refractivity contribution is -0.119. The summed E-state index contributed by atoms with van der Waals surface area (Å²) >= 11 is 0. The summed E-state index contributed by atoms with van der Waals surface area (Å²) in [6.45, 7) is 6.70. The highest BCUT2D eigenvalue weighted by atomic mass is 16.4. The maximum atomic E-state index is 13.1. The maximum absolute atomic E-state index is 13.1. The molecule has 0 bridgehead atoms. The summed E-state index contributed by atoms with van der Waals surface area (Å²) in [7, 11) is 0. The summed E-state index contributed by atoms with van der Waals surface area (Å²) in [6, 6.07) is 19.7. The average molecular weight is 500 g/mol. The Kier molecular flexibility index (Phi) is 7.92. The number of nitrogens with zero attached hydrogens (tertiary/aromatic N) is 1. The highest BCUT2D eigenvalue weighted by Crippen LogP contribution is 2.26. The van der Waals surface area contributed by atoms with Crippen molar-refractivity contribution in [1.29, 1.82) is 0 Å². The van der Waals surface area contributed by atoms with Crippen LogP contribution in [0.4, 0.5) is 16.2 Å². The Bertz CT molecular complexity index is 1280. The van der Waals surface area contributed by atoms with Crippen LogP contribution in [0.3, 0.4) is 0 Å². The van der Waals surface area contributed by atoms with Gasteiger partial charge in [0, 0.05) is 17.9 Å². The van der Waals surface area contributed by atoms with Gasteiger partial charge in [0.2, 0.25) is 5.91 Å². The third kappa shape index (κ3) is 6.00. The number of carboxylic acids is 1. The average Bonchev–Trinajstić information content (AvgIpc) is 3.39. The number of benzene rings is 3. The molecule has 1 heterocycles. The van der Waals surface area contributed by atoms with E-state index in [9.17, 15) is 19.5 Å². The number of amides is 3. The number of aromatic carboxylic acids is 1. The van der Waals surface area contributed by atoms with Crippen molar-refractivity contribution < 1.29 is 19.5 Å². The van der Waals surface area contributed by atoms with Gasteiger partial charge in [0.15, 0.2) is 0 Å². The fraction of sp³-hybridized carbons (Fsp3) is 0.300. The van der Waals surface area contributed by atoms with Crippen LogP contribution in [0.5, 0.6) is 0 Å². The van der Waals surface area contributed by atoms with Gasteiger partial charge < -0.3 is 20.6 Å². The normalized spacial score (nSPS) is 15.0. The first-order chi connectivity index (χ1) is 17.8. The molecule has 1 saturated heterocycles. The van der Waals surface area contributed by atoms with E-state index in [2.05, 4.69) is 24.5 Å². The van der Waals surface area contributed by atoms with E-state index in [0.29, 0.717) is 42.2 Å². The molecule has 0 aliphatic carbocycles. The molecule has 0 aromatic heterocycles. The van der Waals surface area contributed by atoms with E-state index in [1.54, 1.807) is 17.0 Å². The van der Waals surface area contributed by atoms with Crippen LogP contribution in [0.25, 0.3) is 11.1 Å². The monoisotopic (exact) mass is 499 g/mol. The van der Waals surface area contributed by atoms with E-state index >= 15 is 0 Å². The number of hydrogen-bond acceptors (Lipinski definition) is 3. The quantitative estimate of drug-likeness (QED) is 0.352. The molecule has 4 rings (SSSR count). The Morgan fingerprint density at radius 2 is 1.54 bits per heavy atom. The molecule has 0 unspecified atom stereocenters. The van der Waals surface area contributed by atoms with E-state index in [4.69, 9.17) is 0 Å². The zero-order valence-electron chi connectivity index (χ0n) is 21.5. The van der Waals surface area contributed by atoms with Gasteiger partial charge in [0.05, 0.1) is 5.56 Å². The molecule has 1 atom stereocenters. The molecule has 192 valence electrons. The number of aryl methyl sites for hydroxylation is 1. The zero-order chi connectivity index (χ0) is 26.5. The molecule has 0 radical (unpaired) electrons. The van der Waals surface area contributed by atoms with Gasteiger partial charge in [-0.15, -0.1) is 0 Å². The molecule has 7 nitrogen and oxygen atoms in total. The molecule has 3 amide bonds. The van der Waals surface area contributed by atoms with Gasteiger partial charge in [-0.2, -0.15) is 0 Å². The van der Waals surface area contributed by atoms with E-state index in [-0.39, 0.29) is 11.9 Å². The minimum atomic E-state index is -0.930. The number of nitrogens with one attached hydrogen (secondary N) is 2. The van der Waals surface area contributed by atoms with Crippen molar-refractivity contribution >= 4 is 29.3 Å². The van der Waals surface area contributed by atoms with Crippen molar-refractivity contribution in [3.05, 3.63) is 83.4 Å². The number of carboxylic acid groups (broad SMARTS) is 1. The lowest BCUT2D eigenvalue weighted by Crippen LogP contribution is -2.45. The molecule has 1 aliphatic rings. The third-order valence-electron chi connectivity index (χ3n) is 6.85. The molecular formula is C30H33N3O4. The third-order valence-corrected chi connectivity index (χ3v) is 6.85. The Morgan fingerprint density at radius 1 is 0.919 bits per heavy atom. The number of urea groups is 1. The summed E-state index contributed by atoms with van der Waals surface area (Å²) in [5.41, 5.74) is 5.48. The van der Waals surface area contributed by atoms with Crippen molar-refractivity contribution in [2.24, 2.45) is 0 Å². The number of rotatable bonds is 7. The fourth-order valence-electron chi connectivity index (χ4n) is 4.68. The molecule has 7 heteroatoms. The molecule has 3 aromatic carbocycles. The lowest BCUT2D eigenvalue weighted by Gasteiger charge is -2.24. The number of anilines is 2. The van der Waals surface area contributed by atoms with Crippen molar-refractivity contribution in [3.8, 4) is 11.1 Å². The van der Waals surface area contributed by atoms with Gasteiger partial charge >= 0.3 is 12.0 Å². The predicted molar refractivity (Wildman–Crippen MR) is 146 cm³/mol. The highest BCUT2D eigenvalue weighted by Gasteiger charge is 2.34. The van der Waals surface area contributed by atoms with E-state index in [1.807, 2.05) is 61.5 Å². The van der Waals surface area contributed by atoms with Gasteiger partial charge in [-0.1, -0.05) is 57.2 Å². The van der Waals surface area contributed by atoms with Crippen LogP contribution in [-0.4, -0.2) is 40.5 Å². The maximum Gasteiger partial charge on any atom is 0.335 e. The van der Waals surface area contributed by atoms with E-state index < -0.39 is 12.0 Å². The second-order valence-electron chi connectivity index (χ2n) is 9.66. The van der Waals surface area contributed by atoms with Crippen molar-refractivity contribution in [1.82, 2.24) is 4.90 Å². The van der Waals surface area contributed by atoms with Crippen LogP contribution < -0.4 is 10.6 Å². The molecule has 0 spiro atoms. The minimum absolute atomic E-state index is 0.213. The zero-order valence-corrected chi connectivity index (χ0v) is 21.5. The standard InChI is InChI=1S/C30H33N3O4/c1-4-20-18-23(11-16-26(20)29(35)36)22-9-14-24(15-10-22)31-28(34)27-6-5-17-33(27)30(37)32-25-12-7-21(8-13-25)19(2)3/h7-16,18-19,27H,4-6,17H2,1-3H3,(H,31,34)(H,32,37)(H,35,36)/t27-/m1/s1. The Morgan fingerprint density at radius 3 is 2.16 bits per heavy atom.